The molecule has 3 fully saturated rings. The molecule has 2 saturated carbocycles. The molecule has 2 bridgehead atoms. The number of benzene rings is 1. The van der Waals surface area contributed by atoms with Gasteiger partial charge in [0.1, 0.15) is 5.60 Å². The lowest BCUT2D eigenvalue weighted by Crippen LogP contribution is -2.35. The van der Waals surface area contributed by atoms with E-state index in [1.807, 2.05) is 18.2 Å². The largest absolute Gasteiger partial charge is 0.384 e. The van der Waals surface area contributed by atoms with Crippen LogP contribution in [0.4, 0.5) is 0 Å². The molecule has 3 atom stereocenters. The van der Waals surface area contributed by atoms with Crippen LogP contribution in [-0.4, -0.2) is 29.1 Å². The molecular formula is C26H37NO. The Morgan fingerprint density at radius 3 is 2.50 bits per heavy atom. The zero-order valence-electron chi connectivity index (χ0n) is 18.0. The number of aliphatic hydroxyl groups is 1. The molecule has 2 nitrogen and oxygen atoms in total. The molecule has 0 radical (unpaired) electrons. The van der Waals surface area contributed by atoms with E-state index in [1.54, 1.807) is 0 Å². The summed E-state index contributed by atoms with van der Waals surface area (Å²) in [6.07, 6.45) is 9.21. The van der Waals surface area contributed by atoms with Gasteiger partial charge in [0.05, 0.1) is 6.54 Å². The minimum absolute atomic E-state index is 0.343. The van der Waals surface area contributed by atoms with Crippen LogP contribution < -0.4 is 0 Å². The molecule has 1 saturated heterocycles. The molecule has 152 valence electrons. The summed E-state index contributed by atoms with van der Waals surface area (Å²) in [5, 5.41) is 11.6. The van der Waals surface area contributed by atoms with E-state index < -0.39 is 5.60 Å². The van der Waals surface area contributed by atoms with Crippen LogP contribution in [0.2, 0.25) is 0 Å². The Bertz CT molecular complexity index is 739. The van der Waals surface area contributed by atoms with Gasteiger partial charge in [0.25, 0.3) is 0 Å². The third-order valence-electron chi connectivity index (χ3n) is 7.59. The maximum atomic E-state index is 11.6. The standard InChI is InChI=1S/C26H37NO/c1-24(2)17-23-18-25(3,19-24)20-27(23)16-10-9-15-26(28,22-13-7-8-14-22)21-11-5-4-6-12-21/h4-6,11-12,22-23,28H,7-8,13-20H2,1-3H3/t23-,25-,26+/m0/s1. The van der Waals surface area contributed by atoms with Gasteiger partial charge in [-0.25, -0.2) is 0 Å². The van der Waals surface area contributed by atoms with Crippen LogP contribution in [0.15, 0.2) is 30.3 Å². The van der Waals surface area contributed by atoms with Gasteiger partial charge < -0.3 is 5.11 Å². The molecule has 4 rings (SSSR count). The monoisotopic (exact) mass is 379 g/mol. The molecule has 1 aliphatic heterocycles. The fraction of sp³-hybridized carbons (Fsp3) is 0.692. The van der Waals surface area contributed by atoms with E-state index in [4.69, 9.17) is 0 Å². The van der Waals surface area contributed by atoms with Gasteiger partial charge in [-0.05, 0) is 54.4 Å². The highest BCUT2D eigenvalue weighted by Gasteiger charge is 2.49. The van der Waals surface area contributed by atoms with Gasteiger partial charge in [-0.1, -0.05) is 75.8 Å². The van der Waals surface area contributed by atoms with E-state index in [9.17, 15) is 5.11 Å². The lowest BCUT2D eigenvalue weighted by molar-refractivity contribution is -0.0173. The van der Waals surface area contributed by atoms with Crippen molar-refractivity contribution in [1.82, 2.24) is 4.90 Å². The summed E-state index contributed by atoms with van der Waals surface area (Å²) in [6.45, 7) is 9.35. The minimum Gasteiger partial charge on any atom is -0.384 e. The molecule has 2 heteroatoms. The molecule has 0 spiro atoms. The van der Waals surface area contributed by atoms with Crippen molar-refractivity contribution in [1.29, 1.82) is 0 Å². The summed E-state index contributed by atoms with van der Waals surface area (Å²) in [6, 6.07) is 10.9. The van der Waals surface area contributed by atoms with Crippen LogP contribution >= 0.6 is 0 Å². The minimum atomic E-state index is -0.792. The van der Waals surface area contributed by atoms with Crippen LogP contribution in [0.5, 0.6) is 0 Å². The summed E-state index contributed by atoms with van der Waals surface area (Å²) in [5.41, 5.74) is 1.17. The number of likely N-dealkylation sites (tertiary alicyclic amines) is 1. The average Bonchev–Trinajstić information content (AvgIpc) is 3.25. The Hall–Kier alpha value is -1.30. The second kappa shape index (κ2) is 7.51. The predicted octanol–water partition coefficient (Wildman–Crippen LogP) is 5.36. The topological polar surface area (TPSA) is 23.5 Å². The van der Waals surface area contributed by atoms with E-state index in [0.29, 0.717) is 29.2 Å². The van der Waals surface area contributed by atoms with Gasteiger partial charge in [0.2, 0.25) is 0 Å². The van der Waals surface area contributed by atoms with E-state index >= 15 is 0 Å². The Labute approximate surface area is 171 Å². The Morgan fingerprint density at radius 2 is 1.79 bits per heavy atom. The van der Waals surface area contributed by atoms with E-state index in [0.717, 1.165) is 24.9 Å². The Kier molecular flexibility index (Phi) is 5.36. The van der Waals surface area contributed by atoms with Crippen molar-refractivity contribution >= 4 is 0 Å². The van der Waals surface area contributed by atoms with Crippen LogP contribution in [0, 0.1) is 28.6 Å². The van der Waals surface area contributed by atoms with E-state index in [2.05, 4.69) is 49.6 Å². The molecule has 0 unspecified atom stereocenters. The molecule has 1 N–H and O–H groups in total. The maximum Gasteiger partial charge on any atom is 0.103 e. The second-order valence-electron chi connectivity index (χ2n) is 10.9. The number of fused-ring (bicyclic) bond motifs is 2. The highest BCUT2D eigenvalue weighted by molar-refractivity contribution is 5.26. The van der Waals surface area contributed by atoms with Crippen LogP contribution in [0.25, 0.3) is 0 Å². The second-order valence-corrected chi connectivity index (χ2v) is 10.9. The van der Waals surface area contributed by atoms with Gasteiger partial charge in [-0.15, -0.1) is 0 Å². The number of nitrogens with zero attached hydrogens (tertiary/aromatic N) is 1. The molecule has 3 aliphatic rings. The summed E-state index contributed by atoms with van der Waals surface area (Å²) < 4.78 is 0. The van der Waals surface area contributed by atoms with Crippen molar-refractivity contribution in [3.8, 4) is 11.8 Å². The summed E-state index contributed by atoms with van der Waals surface area (Å²) in [7, 11) is 0. The first kappa shape index (κ1) is 20.0. The normalized spacial score (nSPS) is 31.9. The quantitative estimate of drug-likeness (QED) is 0.712. The summed E-state index contributed by atoms with van der Waals surface area (Å²) in [4.78, 5) is 2.61. The fourth-order valence-electron chi connectivity index (χ4n) is 6.73. The van der Waals surface area contributed by atoms with Crippen LogP contribution in [-0.2, 0) is 5.60 Å². The summed E-state index contributed by atoms with van der Waals surface area (Å²) in [5.74, 6) is 7.19. The van der Waals surface area contributed by atoms with Crippen molar-refractivity contribution in [3.63, 3.8) is 0 Å². The molecule has 1 aromatic carbocycles. The van der Waals surface area contributed by atoms with Gasteiger partial charge in [0, 0.05) is 19.0 Å². The average molecular weight is 380 g/mol. The van der Waals surface area contributed by atoms with Crippen molar-refractivity contribution < 1.29 is 5.11 Å². The summed E-state index contributed by atoms with van der Waals surface area (Å²) >= 11 is 0. The molecule has 1 heterocycles. The van der Waals surface area contributed by atoms with Gasteiger partial charge in [-0.3, -0.25) is 4.90 Å². The fourth-order valence-corrected chi connectivity index (χ4v) is 6.73. The molecule has 0 amide bonds. The van der Waals surface area contributed by atoms with E-state index in [1.165, 1.54) is 38.6 Å². The zero-order valence-corrected chi connectivity index (χ0v) is 18.0. The first-order valence-electron chi connectivity index (χ1n) is 11.3. The van der Waals surface area contributed by atoms with Crippen molar-refractivity contribution in [2.45, 2.75) is 83.8 Å². The number of hydrogen-bond donors (Lipinski definition) is 1. The highest BCUT2D eigenvalue weighted by atomic mass is 16.3. The Balaban J connectivity index is 1.44. The smallest absolute Gasteiger partial charge is 0.103 e. The maximum absolute atomic E-state index is 11.6. The molecule has 2 aliphatic carbocycles. The van der Waals surface area contributed by atoms with Gasteiger partial charge >= 0.3 is 0 Å². The highest BCUT2D eigenvalue weighted by Crippen LogP contribution is 2.52. The molecule has 1 aromatic rings. The third-order valence-corrected chi connectivity index (χ3v) is 7.59. The first-order chi connectivity index (χ1) is 13.3. The Morgan fingerprint density at radius 1 is 1.07 bits per heavy atom. The SMILES string of the molecule is CC1(C)C[C@H]2C[C@](C)(CN2CC#CC[C@@](O)(c2ccccc2)C2CCCC2)C1. The molecular weight excluding hydrogens is 342 g/mol. The van der Waals surface area contributed by atoms with E-state index in [-0.39, 0.29) is 0 Å². The lowest BCUT2D eigenvalue weighted by atomic mass is 9.65. The zero-order chi connectivity index (χ0) is 19.8. The number of rotatable bonds is 4. The van der Waals surface area contributed by atoms with Gasteiger partial charge in [-0.2, -0.15) is 0 Å². The molecule has 0 aromatic heterocycles. The lowest BCUT2D eigenvalue weighted by Gasteiger charge is -2.39. The van der Waals surface area contributed by atoms with Crippen LogP contribution in [0.3, 0.4) is 0 Å². The van der Waals surface area contributed by atoms with Crippen molar-refractivity contribution in [2.75, 3.05) is 13.1 Å². The first-order valence-corrected chi connectivity index (χ1v) is 11.3. The van der Waals surface area contributed by atoms with Crippen molar-refractivity contribution in [2.24, 2.45) is 16.7 Å². The predicted molar refractivity (Wildman–Crippen MR) is 116 cm³/mol. The van der Waals surface area contributed by atoms with Gasteiger partial charge in [0.15, 0.2) is 0 Å². The van der Waals surface area contributed by atoms with Crippen LogP contribution in [0.1, 0.15) is 77.7 Å². The number of hydrogen-bond acceptors (Lipinski definition) is 2. The third kappa shape index (κ3) is 4.03. The van der Waals surface area contributed by atoms with Crippen molar-refractivity contribution in [3.05, 3.63) is 35.9 Å². The molecule has 28 heavy (non-hydrogen) atoms.